The van der Waals surface area contributed by atoms with Gasteiger partial charge in [0.2, 0.25) is 0 Å². The van der Waals surface area contributed by atoms with Crippen LogP contribution in [0.15, 0.2) is 48.5 Å². The van der Waals surface area contributed by atoms with Crippen LogP contribution in [0.25, 0.3) is 27.2 Å². The highest BCUT2D eigenvalue weighted by Gasteiger charge is 2.62. The minimum absolute atomic E-state index is 0.180. The predicted molar refractivity (Wildman–Crippen MR) is 84.9 cm³/mol. The van der Waals surface area contributed by atoms with Crippen LogP contribution in [-0.2, 0) is 11.8 Å². The highest BCUT2D eigenvalue weighted by molar-refractivity contribution is 6.15. The molecule has 0 radical (unpaired) electrons. The molecule has 2 aromatic carbocycles. The molecule has 24 heavy (non-hydrogen) atoms. The van der Waals surface area contributed by atoms with Crippen LogP contribution < -0.4 is 0 Å². The Balaban J connectivity index is 2.24. The second kappa shape index (κ2) is 3.91. The fraction of sp³-hybridized carbons (Fsp3) is 0.158. The van der Waals surface area contributed by atoms with E-state index in [-0.39, 0.29) is 5.52 Å². The Hall–Kier alpha value is -2.56. The van der Waals surface area contributed by atoms with Crippen molar-refractivity contribution in [3.8, 4) is 0 Å². The van der Waals surface area contributed by atoms with Crippen molar-refractivity contribution >= 4 is 27.2 Å². The topological polar surface area (TPSA) is 4.41 Å². The van der Waals surface area contributed by atoms with Crippen molar-refractivity contribution in [2.75, 3.05) is 0 Å². The molecule has 120 valence electrons. The van der Waals surface area contributed by atoms with Gasteiger partial charge < -0.3 is 4.40 Å². The molecule has 0 unspecified atom stereocenters. The molecule has 2 aromatic heterocycles. The van der Waals surface area contributed by atoms with Crippen LogP contribution in [0, 0.1) is 6.92 Å². The number of pyridine rings is 1. The summed E-state index contributed by atoms with van der Waals surface area (Å²) < 4.78 is 59.6. The lowest BCUT2D eigenvalue weighted by Crippen LogP contribution is -2.40. The first-order valence-electron chi connectivity index (χ1n) is 7.58. The first kappa shape index (κ1) is 13.8. The van der Waals surface area contributed by atoms with Crippen molar-refractivity contribution in [2.24, 2.45) is 0 Å². The van der Waals surface area contributed by atoms with E-state index in [1.54, 1.807) is 0 Å². The van der Waals surface area contributed by atoms with Gasteiger partial charge in [-0.2, -0.15) is 17.6 Å². The molecule has 0 saturated carbocycles. The van der Waals surface area contributed by atoms with Gasteiger partial charge in [-0.25, -0.2) is 0 Å². The van der Waals surface area contributed by atoms with Gasteiger partial charge in [0, 0.05) is 10.8 Å². The number of fused-ring (bicyclic) bond motifs is 3. The fourth-order valence-electron chi connectivity index (χ4n) is 3.91. The Bertz CT molecular complexity index is 1170. The number of aryl methyl sites for hydroxylation is 1. The Labute approximate surface area is 134 Å². The Kier molecular flexibility index (Phi) is 2.26. The lowest BCUT2D eigenvalue weighted by Gasteiger charge is -2.33. The van der Waals surface area contributed by atoms with Gasteiger partial charge in [0.15, 0.2) is 0 Å². The van der Waals surface area contributed by atoms with Crippen LogP contribution in [0.1, 0.15) is 16.8 Å². The van der Waals surface area contributed by atoms with E-state index in [1.165, 1.54) is 16.5 Å². The summed E-state index contributed by atoms with van der Waals surface area (Å²) >= 11 is 0. The largest absolute Gasteiger partial charge is 0.354 e. The standard InChI is InChI=1S/C19H11F4N/c1-10-6-7-13-17-16(10)12-5-3-2-4-11(12)14-8-9-15(24(14)17)19(22,23)18(13,20)21/h2-9H,1H3. The third-order valence-electron chi connectivity index (χ3n) is 5.02. The third-order valence-corrected chi connectivity index (χ3v) is 5.02. The van der Waals surface area contributed by atoms with Gasteiger partial charge in [-0.15, -0.1) is 0 Å². The summed E-state index contributed by atoms with van der Waals surface area (Å²) in [5.41, 5.74) is 0.214. The van der Waals surface area contributed by atoms with E-state index >= 15 is 0 Å². The molecule has 0 saturated heterocycles. The van der Waals surface area contributed by atoms with Crippen molar-refractivity contribution in [1.82, 2.24) is 4.40 Å². The van der Waals surface area contributed by atoms with Gasteiger partial charge in [-0.05, 0) is 30.0 Å². The number of alkyl halides is 4. The summed E-state index contributed by atoms with van der Waals surface area (Å²) in [6.45, 7) is 1.81. The molecule has 1 aliphatic rings. The molecule has 0 atom stereocenters. The third kappa shape index (κ3) is 1.30. The van der Waals surface area contributed by atoms with Crippen molar-refractivity contribution in [3.05, 3.63) is 65.4 Å². The van der Waals surface area contributed by atoms with E-state index < -0.39 is 23.1 Å². The molecule has 3 heterocycles. The molecule has 0 aliphatic carbocycles. The number of halogens is 4. The Morgan fingerprint density at radius 1 is 0.792 bits per heavy atom. The van der Waals surface area contributed by atoms with Gasteiger partial charge in [-0.3, -0.25) is 0 Å². The number of aromatic nitrogens is 1. The molecule has 0 bridgehead atoms. The average molecular weight is 329 g/mol. The van der Waals surface area contributed by atoms with E-state index in [0.717, 1.165) is 28.5 Å². The first-order chi connectivity index (χ1) is 11.4. The summed E-state index contributed by atoms with van der Waals surface area (Å²) in [7, 11) is 0. The zero-order valence-corrected chi connectivity index (χ0v) is 12.6. The highest BCUT2D eigenvalue weighted by Crippen LogP contribution is 2.55. The zero-order chi connectivity index (χ0) is 16.9. The quantitative estimate of drug-likeness (QED) is 0.286. The van der Waals surface area contributed by atoms with E-state index in [4.69, 9.17) is 0 Å². The van der Waals surface area contributed by atoms with E-state index in [1.807, 2.05) is 31.2 Å². The molecule has 1 aliphatic heterocycles. The zero-order valence-electron chi connectivity index (χ0n) is 12.6. The van der Waals surface area contributed by atoms with Crippen LogP contribution in [0.3, 0.4) is 0 Å². The fourth-order valence-corrected chi connectivity index (χ4v) is 3.91. The Morgan fingerprint density at radius 3 is 2.25 bits per heavy atom. The smallest absolute Gasteiger partial charge is 0.306 e. The van der Waals surface area contributed by atoms with Gasteiger partial charge in [0.1, 0.15) is 0 Å². The molecule has 0 fully saturated rings. The summed E-state index contributed by atoms with van der Waals surface area (Å²) in [5, 5.41) is 2.17. The normalized spacial score (nSPS) is 18.0. The SMILES string of the molecule is Cc1ccc2c3c1c1ccccc1c1ccc(n13)C(F)(F)C2(F)F. The molecule has 5 heteroatoms. The lowest BCUT2D eigenvalue weighted by molar-refractivity contribution is -0.227. The molecule has 0 amide bonds. The summed E-state index contributed by atoms with van der Waals surface area (Å²) in [4.78, 5) is 0. The summed E-state index contributed by atoms with van der Waals surface area (Å²) in [5.74, 6) is -8.50. The molecule has 4 aromatic rings. The average Bonchev–Trinajstić information content (AvgIpc) is 2.99. The second-order valence-corrected chi connectivity index (χ2v) is 6.29. The van der Waals surface area contributed by atoms with Crippen molar-refractivity contribution in [1.29, 1.82) is 0 Å². The van der Waals surface area contributed by atoms with Gasteiger partial charge in [0.05, 0.1) is 22.3 Å². The van der Waals surface area contributed by atoms with Crippen LogP contribution >= 0.6 is 0 Å². The van der Waals surface area contributed by atoms with Gasteiger partial charge in [0.25, 0.3) is 0 Å². The number of nitrogens with zero attached hydrogens (tertiary/aromatic N) is 1. The van der Waals surface area contributed by atoms with E-state index in [2.05, 4.69) is 0 Å². The monoisotopic (exact) mass is 329 g/mol. The second-order valence-electron chi connectivity index (χ2n) is 6.29. The van der Waals surface area contributed by atoms with Crippen molar-refractivity contribution in [3.63, 3.8) is 0 Å². The van der Waals surface area contributed by atoms with Gasteiger partial charge in [-0.1, -0.05) is 36.4 Å². The minimum Gasteiger partial charge on any atom is -0.306 e. The van der Waals surface area contributed by atoms with Crippen LogP contribution in [0.5, 0.6) is 0 Å². The van der Waals surface area contributed by atoms with Crippen molar-refractivity contribution < 1.29 is 17.6 Å². The maximum atomic E-state index is 14.6. The first-order valence-corrected chi connectivity index (χ1v) is 7.58. The van der Waals surface area contributed by atoms with Crippen LogP contribution in [-0.4, -0.2) is 4.40 Å². The number of benzene rings is 2. The highest BCUT2D eigenvalue weighted by atomic mass is 19.3. The number of rotatable bonds is 0. The molecular formula is C19H11F4N. The summed E-state index contributed by atoms with van der Waals surface area (Å²) in [6, 6.07) is 12.6. The van der Waals surface area contributed by atoms with Crippen LogP contribution in [0.2, 0.25) is 0 Å². The summed E-state index contributed by atoms with van der Waals surface area (Å²) in [6.07, 6.45) is 0. The minimum atomic E-state index is -4.25. The molecule has 0 N–H and O–H groups in total. The molecular weight excluding hydrogens is 318 g/mol. The lowest BCUT2D eigenvalue weighted by atomic mass is 9.90. The number of hydrogen-bond donors (Lipinski definition) is 0. The maximum absolute atomic E-state index is 14.6. The van der Waals surface area contributed by atoms with Crippen molar-refractivity contribution in [2.45, 2.75) is 18.8 Å². The van der Waals surface area contributed by atoms with Gasteiger partial charge >= 0.3 is 11.8 Å². The van der Waals surface area contributed by atoms with E-state index in [0.29, 0.717) is 10.9 Å². The predicted octanol–water partition coefficient (Wildman–Crippen LogP) is 5.75. The Morgan fingerprint density at radius 2 is 1.50 bits per heavy atom. The van der Waals surface area contributed by atoms with E-state index in [9.17, 15) is 17.6 Å². The molecule has 0 spiro atoms. The molecule has 5 rings (SSSR count). The van der Waals surface area contributed by atoms with Crippen LogP contribution in [0.4, 0.5) is 17.6 Å². The molecule has 1 nitrogen and oxygen atoms in total. The number of hydrogen-bond acceptors (Lipinski definition) is 0. The maximum Gasteiger partial charge on any atom is 0.354 e.